The van der Waals surface area contributed by atoms with E-state index in [1.165, 1.54) is 27.8 Å². The van der Waals surface area contributed by atoms with Crippen molar-refractivity contribution in [2.24, 2.45) is 0 Å². The predicted molar refractivity (Wildman–Crippen MR) is 116 cm³/mol. The molecular weight excluding hydrogens is 350 g/mol. The third kappa shape index (κ3) is 2.96. The average molecular weight is 382 g/mol. The first kappa shape index (κ1) is 18.9. The summed E-state index contributed by atoms with van der Waals surface area (Å²) in [6.45, 7) is 9.52. The fraction of sp³-hybridized carbons (Fsp3) is 0.500. The SMILES string of the molecule is CCNc1ccc2c3c(cn2NC(=O)N(CC)CC)C[C@@H]2C(=CCCN2C)c13. The van der Waals surface area contributed by atoms with Gasteiger partial charge in [-0.2, -0.15) is 0 Å². The number of fused-ring (bicyclic) bond motifs is 2. The van der Waals surface area contributed by atoms with E-state index in [2.05, 4.69) is 54.0 Å². The molecule has 1 aromatic heterocycles. The number of likely N-dealkylation sites (N-methyl/N-ethyl adjacent to an activating group) is 1. The fourth-order valence-corrected chi connectivity index (χ4v) is 4.67. The van der Waals surface area contributed by atoms with Crippen molar-refractivity contribution in [3.8, 4) is 0 Å². The van der Waals surface area contributed by atoms with Crippen LogP contribution in [0.15, 0.2) is 24.4 Å². The molecule has 2 aromatic rings. The number of hydrogen-bond acceptors (Lipinski definition) is 3. The molecule has 28 heavy (non-hydrogen) atoms. The molecule has 0 saturated carbocycles. The van der Waals surface area contributed by atoms with Crippen LogP contribution in [0.2, 0.25) is 0 Å². The molecule has 6 heteroatoms. The second kappa shape index (κ2) is 7.51. The molecule has 150 valence electrons. The molecule has 2 amide bonds. The number of aromatic nitrogens is 1. The molecule has 2 aliphatic rings. The van der Waals surface area contributed by atoms with Crippen LogP contribution in [0.4, 0.5) is 10.5 Å². The quantitative estimate of drug-likeness (QED) is 0.830. The number of urea groups is 1. The van der Waals surface area contributed by atoms with Crippen molar-refractivity contribution < 1.29 is 4.79 Å². The fourth-order valence-electron chi connectivity index (χ4n) is 4.67. The number of hydrogen-bond donors (Lipinski definition) is 2. The van der Waals surface area contributed by atoms with Crippen molar-refractivity contribution in [2.45, 2.75) is 39.7 Å². The molecule has 0 bridgehead atoms. The van der Waals surface area contributed by atoms with E-state index in [4.69, 9.17) is 0 Å². The van der Waals surface area contributed by atoms with Gasteiger partial charge in [0, 0.05) is 55.1 Å². The van der Waals surface area contributed by atoms with Gasteiger partial charge >= 0.3 is 6.03 Å². The highest BCUT2D eigenvalue weighted by atomic mass is 16.2. The van der Waals surface area contributed by atoms with Gasteiger partial charge in [0.2, 0.25) is 0 Å². The maximum absolute atomic E-state index is 12.7. The molecule has 4 rings (SSSR count). The summed E-state index contributed by atoms with van der Waals surface area (Å²) < 4.78 is 1.92. The minimum atomic E-state index is -0.0567. The summed E-state index contributed by atoms with van der Waals surface area (Å²) in [7, 11) is 2.22. The minimum Gasteiger partial charge on any atom is -0.385 e. The number of anilines is 1. The smallest absolute Gasteiger partial charge is 0.336 e. The standard InChI is InChI=1S/C22H31N5O/c1-5-23-17-10-11-18-20-15(14-27(18)24-22(28)26(6-2)7-3)13-19-16(21(17)20)9-8-12-25(19)4/h9-11,14,19,23H,5-8,12-13H2,1-4H3,(H,24,28)/t19-/m1/s1. The summed E-state index contributed by atoms with van der Waals surface area (Å²) in [4.78, 5) is 16.9. The van der Waals surface area contributed by atoms with Crippen LogP contribution in [0.3, 0.4) is 0 Å². The normalized spacial score (nSPS) is 18.6. The van der Waals surface area contributed by atoms with Crippen LogP contribution in [0.5, 0.6) is 0 Å². The first-order valence-corrected chi connectivity index (χ1v) is 10.5. The third-order valence-electron chi connectivity index (χ3n) is 6.12. The molecule has 1 aromatic carbocycles. The number of benzene rings is 1. The Labute approximate surface area is 167 Å². The van der Waals surface area contributed by atoms with Crippen molar-refractivity contribution in [1.82, 2.24) is 14.5 Å². The Morgan fingerprint density at radius 1 is 1.25 bits per heavy atom. The Hall–Kier alpha value is -2.47. The van der Waals surface area contributed by atoms with E-state index in [0.717, 1.165) is 31.4 Å². The van der Waals surface area contributed by atoms with Gasteiger partial charge < -0.3 is 10.2 Å². The Morgan fingerprint density at radius 2 is 2.04 bits per heavy atom. The summed E-state index contributed by atoms with van der Waals surface area (Å²) in [5.41, 5.74) is 9.40. The molecule has 1 atom stereocenters. The maximum Gasteiger partial charge on any atom is 0.336 e. The molecule has 0 unspecified atom stereocenters. The number of carbonyl (C=O) groups is 1. The lowest BCUT2D eigenvalue weighted by Crippen LogP contribution is -2.39. The van der Waals surface area contributed by atoms with Gasteiger partial charge in [-0.05, 0) is 63.9 Å². The average Bonchev–Trinajstić information content (AvgIpc) is 3.03. The largest absolute Gasteiger partial charge is 0.385 e. The van der Waals surface area contributed by atoms with Crippen molar-refractivity contribution in [3.63, 3.8) is 0 Å². The van der Waals surface area contributed by atoms with Crippen molar-refractivity contribution in [3.05, 3.63) is 35.5 Å². The summed E-state index contributed by atoms with van der Waals surface area (Å²) >= 11 is 0. The highest BCUT2D eigenvalue weighted by Gasteiger charge is 2.33. The summed E-state index contributed by atoms with van der Waals surface area (Å²) in [6.07, 6.45) is 6.59. The molecule has 0 fully saturated rings. The number of nitrogens with one attached hydrogen (secondary N) is 2. The second-order valence-electron chi connectivity index (χ2n) is 7.67. The van der Waals surface area contributed by atoms with Crippen LogP contribution in [0, 0.1) is 0 Å². The van der Waals surface area contributed by atoms with E-state index in [9.17, 15) is 4.79 Å². The number of nitrogens with zero attached hydrogens (tertiary/aromatic N) is 3. The van der Waals surface area contributed by atoms with E-state index in [1.54, 1.807) is 4.90 Å². The van der Waals surface area contributed by atoms with Crippen LogP contribution < -0.4 is 10.7 Å². The molecule has 0 radical (unpaired) electrons. The zero-order chi connectivity index (χ0) is 19.8. The van der Waals surface area contributed by atoms with Gasteiger partial charge in [-0.3, -0.25) is 9.58 Å². The van der Waals surface area contributed by atoms with Gasteiger partial charge in [0.1, 0.15) is 0 Å². The van der Waals surface area contributed by atoms with Gasteiger partial charge in [-0.25, -0.2) is 10.2 Å². The van der Waals surface area contributed by atoms with Crippen LogP contribution in [-0.2, 0) is 6.42 Å². The number of amides is 2. The molecule has 1 aliphatic heterocycles. The number of rotatable bonds is 5. The second-order valence-corrected chi connectivity index (χ2v) is 7.67. The van der Waals surface area contributed by atoms with Gasteiger partial charge in [0.05, 0.1) is 5.52 Å². The van der Waals surface area contributed by atoms with Crippen LogP contribution in [-0.4, -0.2) is 59.8 Å². The zero-order valence-electron chi connectivity index (χ0n) is 17.4. The molecular formula is C22H31N5O. The maximum atomic E-state index is 12.7. The van der Waals surface area contributed by atoms with E-state index < -0.39 is 0 Å². The van der Waals surface area contributed by atoms with Crippen LogP contribution >= 0.6 is 0 Å². The zero-order valence-corrected chi connectivity index (χ0v) is 17.4. The lowest BCUT2D eigenvalue weighted by Gasteiger charge is -2.37. The predicted octanol–water partition coefficient (Wildman–Crippen LogP) is 3.72. The molecule has 2 N–H and O–H groups in total. The van der Waals surface area contributed by atoms with Gasteiger partial charge in [-0.1, -0.05) is 6.08 Å². The topological polar surface area (TPSA) is 52.5 Å². The van der Waals surface area contributed by atoms with Crippen molar-refractivity contribution in [2.75, 3.05) is 44.0 Å². The van der Waals surface area contributed by atoms with E-state index >= 15 is 0 Å². The highest BCUT2D eigenvalue weighted by molar-refractivity contribution is 6.04. The van der Waals surface area contributed by atoms with E-state index in [0.29, 0.717) is 19.1 Å². The lowest BCUT2D eigenvalue weighted by molar-refractivity contribution is 0.214. The van der Waals surface area contributed by atoms with Crippen LogP contribution in [0.25, 0.3) is 16.5 Å². The molecule has 2 heterocycles. The lowest BCUT2D eigenvalue weighted by atomic mass is 9.81. The summed E-state index contributed by atoms with van der Waals surface area (Å²) in [5, 5.41) is 4.82. The minimum absolute atomic E-state index is 0.0567. The Balaban J connectivity index is 1.84. The van der Waals surface area contributed by atoms with Gasteiger partial charge in [0.25, 0.3) is 0 Å². The molecule has 6 nitrogen and oxygen atoms in total. The molecule has 0 saturated heterocycles. The summed E-state index contributed by atoms with van der Waals surface area (Å²) in [6, 6.07) is 4.62. The molecule has 1 aliphatic carbocycles. The van der Waals surface area contributed by atoms with Gasteiger partial charge in [0.15, 0.2) is 0 Å². The Morgan fingerprint density at radius 3 is 2.75 bits per heavy atom. The Kier molecular flexibility index (Phi) is 5.06. The first-order chi connectivity index (χ1) is 13.6. The Bertz CT molecular complexity index is 925. The van der Waals surface area contributed by atoms with E-state index in [-0.39, 0.29) is 6.03 Å². The third-order valence-corrected chi connectivity index (χ3v) is 6.12. The van der Waals surface area contributed by atoms with E-state index in [1.807, 2.05) is 18.5 Å². The highest BCUT2D eigenvalue weighted by Crippen LogP contribution is 2.44. The number of carbonyl (C=O) groups excluding carboxylic acids is 1. The molecule has 0 spiro atoms. The van der Waals surface area contributed by atoms with Gasteiger partial charge in [-0.15, -0.1) is 0 Å². The van der Waals surface area contributed by atoms with Crippen LogP contribution in [0.1, 0.15) is 38.3 Å². The monoisotopic (exact) mass is 381 g/mol. The van der Waals surface area contributed by atoms with Crippen molar-refractivity contribution in [1.29, 1.82) is 0 Å². The van der Waals surface area contributed by atoms with Crippen molar-refractivity contribution >= 4 is 28.2 Å². The summed E-state index contributed by atoms with van der Waals surface area (Å²) in [5.74, 6) is 0. The first-order valence-electron chi connectivity index (χ1n) is 10.5.